The number of rotatable bonds is 9. The molecule has 1 aromatic heterocycles. The Morgan fingerprint density at radius 3 is 2.23 bits per heavy atom. The average Bonchev–Trinajstić information content (AvgIpc) is 2.93. The van der Waals surface area contributed by atoms with Crippen LogP contribution in [-0.2, 0) is 0 Å². The Morgan fingerprint density at radius 1 is 1.00 bits per heavy atom. The van der Waals surface area contributed by atoms with Crippen molar-refractivity contribution in [2.45, 2.75) is 45.4 Å². The summed E-state index contributed by atoms with van der Waals surface area (Å²) in [5.41, 5.74) is 0. The van der Waals surface area contributed by atoms with Gasteiger partial charge in [-0.3, -0.25) is 0 Å². The molecule has 0 aliphatic rings. The van der Waals surface area contributed by atoms with Crippen molar-refractivity contribution in [2.75, 3.05) is 13.6 Å². The van der Waals surface area contributed by atoms with E-state index >= 15 is 0 Å². The third kappa shape index (κ3) is 7.31. The van der Waals surface area contributed by atoms with Crippen LogP contribution in [0.5, 0.6) is 11.5 Å². The molecule has 124 valence electrons. The van der Waals surface area contributed by atoms with Gasteiger partial charge in [-0.2, -0.15) is 0 Å². The second-order valence-corrected chi connectivity index (χ2v) is 5.57. The first-order chi connectivity index (χ1) is 10.7. The number of unbranched alkanes of at least 4 members (excludes halogenated alkanes) is 5. The second-order valence-electron chi connectivity index (χ2n) is 4.82. The van der Waals surface area contributed by atoms with Gasteiger partial charge in [-0.05, 0) is 6.42 Å². The normalized spacial score (nSPS) is 10.1. The Balaban J connectivity index is 2.22. The molecule has 0 fully saturated rings. The molecule has 0 aromatic carbocycles. The van der Waals surface area contributed by atoms with Crippen LogP contribution in [0.25, 0.3) is 0 Å². The number of carbonyl (C=O) groups is 2. The van der Waals surface area contributed by atoms with Crippen molar-refractivity contribution in [3.63, 3.8) is 0 Å². The molecule has 1 rings (SSSR count). The molecule has 2 N–H and O–H groups in total. The van der Waals surface area contributed by atoms with E-state index in [1.807, 2.05) is 0 Å². The quantitative estimate of drug-likeness (QED) is 0.674. The first kappa shape index (κ1) is 18.3. The van der Waals surface area contributed by atoms with Gasteiger partial charge in [-0.15, -0.1) is 11.3 Å². The maximum atomic E-state index is 11.7. The fraction of sp³-hybridized carbons (Fsp3) is 0.600. The molecule has 6 nitrogen and oxygen atoms in total. The number of amides is 2. The summed E-state index contributed by atoms with van der Waals surface area (Å²) in [6.07, 6.45) is 5.83. The summed E-state index contributed by atoms with van der Waals surface area (Å²) in [6, 6.07) is 0. The predicted molar refractivity (Wildman–Crippen MR) is 86.8 cm³/mol. The number of nitrogens with one attached hydrogen (secondary N) is 2. The molecular formula is C15H24N2O4S. The van der Waals surface area contributed by atoms with E-state index in [0.717, 1.165) is 12.8 Å². The molecule has 0 bridgehead atoms. The number of thiophene rings is 1. The first-order valence-electron chi connectivity index (χ1n) is 7.58. The topological polar surface area (TPSA) is 76.7 Å². The molecular weight excluding hydrogens is 304 g/mol. The summed E-state index contributed by atoms with van der Waals surface area (Å²) in [6.45, 7) is 2.77. The number of carbonyl (C=O) groups excluding carboxylic acids is 2. The zero-order valence-corrected chi connectivity index (χ0v) is 14.0. The molecule has 0 radical (unpaired) electrons. The van der Waals surface area contributed by atoms with Gasteiger partial charge in [0, 0.05) is 24.4 Å². The molecule has 0 atom stereocenters. The van der Waals surface area contributed by atoms with Crippen LogP contribution in [0.3, 0.4) is 0 Å². The number of ether oxygens (including phenoxy) is 2. The largest absolute Gasteiger partial charge is 0.412 e. The lowest BCUT2D eigenvalue weighted by molar-refractivity contribution is 0.191. The van der Waals surface area contributed by atoms with Gasteiger partial charge in [-0.1, -0.05) is 39.0 Å². The third-order valence-corrected chi connectivity index (χ3v) is 3.70. The minimum Gasteiger partial charge on any atom is -0.405 e. The summed E-state index contributed by atoms with van der Waals surface area (Å²) in [7, 11) is 1.46. The standard InChI is InChI=1S/C15H24N2O4S/c1-3-4-5-6-7-8-9-17-15(19)21-13-11-22-10-12(13)20-14(18)16-2/h10-11H,3-9H2,1-2H3,(H,16,18)(H,17,19). The van der Waals surface area contributed by atoms with E-state index in [-0.39, 0.29) is 11.5 Å². The van der Waals surface area contributed by atoms with Gasteiger partial charge in [0.25, 0.3) is 0 Å². The summed E-state index contributed by atoms with van der Waals surface area (Å²) in [5.74, 6) is 0.480. The molecule has 0 spiro atoms. The van der Waals surface area contributed by atoms with Gasteiger partial charge in [0.15, 0.2) is 11.5 Å². The minimum atomic E-state index is -0.601. The Kier molecular flexibility index (Phi) is 9.06. The van der Waals surface area contributed by atoms with Gasteiger partial charge in [-0.25, -0.2) is 9.59 Å². The molecule has 0 aliphatic carbocycles. The van der Waals surface area contributed by atoms with Crippen LogP contribution in [0.15, 0.2) is 10.8 Å². The SMILES string of the molecule is CCCCCCCCNC(=O)Oc1cscc1OC(=O)NC. The summed E-state index contributed by atoms with van der Waals surface area (Å²) < 4.78 is 10.1. The highest BCUT2D eigenvalue weighted by molar-refractivity contribution is 7.08. The fourth-order valence-corrected chi connectivity index (χ4v) is 2.45. The van der Waals surface area contributed by atoms with Crippen LogP contribution in [0.1, 0.15) is 45.4 Å². The zero-order chi connectivity index (χ0) is 16.2. The van der Waals surface area contributed by atoms with Crippen molar-refractivity contribution in [3.8, 4) is 11.5 Å². The Labute approximate surface area is 135 Å². The van der Waals surface area contributed by atoms with Crippen LogP contribution < -0.4 is 20.1 Å². The third-order valence-electron chi connectivity index (χ3n) is 3.00. The van der Waals surface area contributed by atoms with Crippen molar-refractivity contribution in [3.05, 3.63) is 10.8 Å². The number of hydrogen-bond acceptors (Lipinski definition) is 5. The van der Waals surface area contributed by atoms with Gasteiger partial charge in [0.1, 0.15) is 0 Å². The van der Waals surface area contributed by atoms with Crippen LogP contribution in [0.2, 0.25) is 0 Å². The van der Waals surface area contributed by atoms with Crippen LogP contribution in [0.4, 0.5) is 9.59 Å². The van der Waals surface area contributed by atoms with Crippen molar-refractivity contribution in [1.82, 2.24) is 10.6 Å². The Morgan fingerprint density at radius 2 is 1.59 bits per heavy atom. The van der Waals surface area contributed by atoms with Gasteiger partial charge < -0.3 is 20.1 Å². The van der Waals surface area contributed by atoms with Crippen LogP contribution in [0, 0.1) is 0 Å². The molecule has 22 heavy (non-hydrogen) atoms. The van der Waals surface area contributed by atoms with Gasteiger partial charge >= 0.3 is 12.2 Å². The lowest BCUT2D eigenvalue weighted by atomic mass is 10.1. The number of hydrogen-bond donors (Lipinski definition) is 2. The zero-order valence-electron chi connectivity index (χ0n) is 13.1. The predicted octanol–water partition coefficient (Wildman–Crippen LogP) is 3.92. The maximum absolute atomic E-state index is 11.7. The van der Waals surface area contributed by atoms with E-state index in [0.29, 0.717) is 6.54 Å². The fourth-order valence-electron chi connectivity index (χ4n) is 1.81. The highest BCUT2D eigenvalue weighted by Gasteiger charge is 2.13. The van der Waals surface area contributed by atoms with E-state index in [4.69, 9.17) is 9.47 Å². The average molecular weight is 328 g/mol. The second kappa shape index (κ2) is 10.9. The van der Waals surface area contributed by atoms with Crippen molar-refractivity contribution >= 4 is 23.5 Å². The molecule has 0 unspecified atom stereocenters. The molecule has 1 aromatic rings. The minimum absolute atomic E-state index is 0.235. The Bertz CT molecular complexity index is 462. The van der Waals surface area contributed by atoms with Gasteiger partial charge in [0.05, 0.1) is 0 Å². The summed E-state index contributed by atoms with van der Waals surface area (Å²) in [5, 5.41) is 8.24. The maximum Gasteiger partial charge on any atom is 0.412 e. The summed E-state index contributed by atoms with van der Waals surface area (Å²) in [4.78, 5) is 22.8. The van der Waals surface area contributed by atoms with Crippen LogP contribution in [-0.4, -0.2) is 25.8 Å². The summed E-state index contributed by atoms with van der Waals surface area (Å²) >= 11 is 1.29. The van der Waals surface area contributed by atoms with E-state index in [9.17, 15) is 9.59 Å². The lowest BCUT2D eigenvalue weighted by Gasteiger charge is -2.07. The van der Waals surface area contributed by atoms with Crippen LogP contribution >= 0.6 is 11.3 Å². The van der Waals surface area contributed by atoms with E-state index in [1.165, 1.54) is 44.1 Å². The van der Waals surface area contributed by atoms with Crippen molar-refractivity contribution in [2.24, 2.45) is 0 Å². The van der Waals surface area contributed by atoms with E-state index in [2.05, 4.69) is 17.6 Å². The lowest BCUT2D eigenvalue weighted by Crippen LogP contribution is -2.28. The molecule has 1 heterocycles. The van der Waals surface area contributed by atoms with E-state index in [1.54, 1.807) is 10.8 Å². The van der Waals surface area contributed by atoms with Gasteiger partial charge in [0.2, 0.25) is 0 Å². The molecule has 0 saturated carbocycles. The van der Waals surface area contributed by atoms with Crippen molar-refractivity contribution in [1.29, 1.82) is 0 Å². The monoisotopic (exact) mass is 328 g/mol. The highest BCUT2D eigenvalue weighted by Crippen LogP contribution is 2.31. The Hall–Kier alpha value is -1.76. The molecule has 2 amide bonds. The molecule has 0 aliphatic heterocycles. The van der Waals surface area contributed by atoms with E-state index < -0.39 is 12.2 Å². The highest BCUT2D eigenvalue weighted by atomic mass is 32.1. The molecule has 7 heteroatoms. The smallest absolute Gasteiger partial charge is 0.405 e. The van der Waals surface area contributed by atoms with Crippen molar-refractivity contribution < 1.29 is 19.1 Å². The first-order valence-corrected chi connectivity index (χ1v) is 8.53. The molecule has 0 saturated heterocycles.